The molecular weight excluding hydrogens is 334 g/mol. The molecule has 1 atom stereocenters. The topological polar surface area (TPSA) is 119 Å². The van der Waals surface area contributed by atoms with Crippen molar-refractivity contribution >= 4 is 17.8 Å². The number of carbonyl (C=O) groups is 3. The molecule has 1 aromatic rings. The summed E-state index contributed by atoms with van der Waals surface area (Å²) in [5.74, 6) is -1.96. The fraction of sp³-hybridized carbons (Fsp3) is 0.474. The predicted molar refractivity (Wildman–Crippen MR) is 94.4 cm³/mol. The zero-order chi connectivity index (χ0) is 18.9. The highest BCUT2D eigenvalue weighted by Gasteiger charge is 2.29. The third kappa shape index (κ3) is 5.31. The number of nitriles is 1. The van der Waals surface area contributed by atoms with Crippen molar-refractivity contribution in [2.24, 2.45) is 11.8 Å². The van der Waals surface area contributed by atoms with Crippen molar-refractivity contribution in [3.05, 3.63) is 35.4 Å². The number of carboxylic acids is 1. The van der Waals surface area contributed by atoms with Gasteiger partial charge in [-0.1, -0.05) is 25.3 Å². The molecule has 0 aliphatic heterocycles. The van der Waals surface area contributed by atoms with E-state index < -0.39 is 17.8 Å². The first kappa shape index (κ1) is 19.4. The number of carboxylic acid groups (broad SMARTS) is 1. The van der Waals surface area contributed by atoms with Gasteiger partial charge >= 0.3 is 5.97 Å². The highest BCUT2D eigenvalue weighted by atomic mass is 16.4. The van der Waals surface area contributed by atoms with Crippen LogP contribution in [0.3, 0.4) is 0 Å². The molecule has 1 aromatic carbocycles. The number of hydrogen-bond acceptors (Lipinski definition) is 4. The molecule has 1 saturated carbocycles. The third-order valence-corrected chi connectivity index (χ3v) is 4.75. The van der Waals surface area contributed by atoms with Gasteiger partial charge in [0.25, 0.3) is 5.91 Å². The highest BCUT2D eigenvalue weighted by molar-refractivity contribution is 5.97. The average Bonchev–Trinajstić information content (AvgIpc) is 2.67. The normalized spacial score (nSPS) is 15.5. The van der Waals surface area contributed by atoms with Crippen LogP contribution < -0.4 is 10.6 Å². The van der Waals surface area contributed by atoms with Crippen molar-refractivity contribution in [1.82, 2.24) is 10.6 Å². The predicted octanol–water partition coefficient (Wildman–Crippen LogP) is 1.95. The Kier molecular flexibility index (Phi) is 7.15. The first-order valence-corrected chi connectivity index (χ1v) is 8.79. The second kappa shape index (κ2) is 9.56. The summed E-state index contributed by atoms with van der Waals surface area (Å²) in [5, 5.41) is 23.0. The van der Waals surface area contributed by atoms with Crippen molar-refractivity contribution in [2.75, 3.05) is 13.1 Å². The van der Waals surface area contributed by atoms with Gasteiger partial charge in [0.1, 0.15) is 6.54 Å². The van der Waals surface area contributed by atoms with Crippen LogP contribution >= 0.6 is 0 Å². The van der Waals surface area contributed by atoms with Gasteiger partial charge in [-0.25, -0.2) is 4.79 Å². The van der Waals surface area contributed by atoms with E-state index in [-0.39, 0.29) is 36.0 Å². The Hall–Kier alpha value is -2.88. The van der Waals surface area contributed by atoms with Crippen LogP contribution in [0.25, 0.3) is 0 Å². The van der Waals surface area contributed by atoms with Gasteiger partial charge in [0.05, 0.1) is 17.6 Å². The fourth-order valence-corrected chi connectivity index (χ4v) is 3.37. The van der Waals surface area contributed by atoms with E-state index in [9.17, 15) is 14.4 Å². The van der Waals surface area contributed by atoms with Crippen LogP contribution in [0.2, 0.25) is 0 Å². The van der Waals surface area contributed by atoms with Gasteiger partial charge in [0, 0.05) is 12.1 Å². The number of carbonyl (C=O) groups excluding carboxylic acids is 2. The zero-order valence-electron chi connectivity index (χ0n) is 14.5. The summed E-state index contributed by atoms with van der Waals surface area (Å²) in [7, 11) is 0. The van der Waals surface area contributed by atoms with Crippen molar-refractivity contribution < 1.29 is 19.5 Å². The second-order valence-electron chi connectivity index (χ2n) is 6.48. The van der Waals surface area contributed by atoms with E-state index in [1.54, 1.807) is 0 Å². The first-order chi connectivity index (χ1) is 12.5. The first-order valence-electron chi connectivity index (χ1n) is 8.79. The lowest BCUT2D eigenvalue weighted by Crippen LogP contribution is -2.43. The maximum absolute atomic E-state index is 12.4. The minimum absolute atomic E-state index is 0.0354. The smallest absolute Gasteiger partial charge is 0.335 e. The Morgan fingerprint density at radius 3 is 2.50 bits per heavy atom. The Morgan fingerprint density at radius 1 is 1.15 bits per heavy atom. The fourth-order valence-electron chi connectivity index (χ4n) is 3.37. The third-order valence-electron chi connectivity index (χ3n) is 4.75. The minimum atomic E-state index is -1.10. The molecule has 1 aliphatic rings. The van der Waals surface area contributed by atoms with Gasteiger partial charge in [-0.15, -0.1) is 0 Å². The standard InChI is InChI=1S/C19H23N3O4/c20-9-10-21-18(24)16(13-5-2-1-3-6-13)12-22-17(23)14-7-4-8-15(11-14)19(25)26/h4,7-8,11,13,16H,1-3,5-6,10,12H2,(H,21,24)(H,22,23)(H,25,26). The number of benzene rings is 1. The summed E-state index contributed by atoms with van der Waals surface area (Å²) in [6, 6.07) is 7.66. The molecule has 0 saturated heterocycles. The minimum Gasteiger partial charge on any atom is -0.478 e. The summed E-state index contributed by atoms with van der Waals surface area (Å²) < 4.78 is 0. The van der Waals surface area contributed by atoms with Crippen LogP contribution in [-0.4, -0.2) is 36.0 Å². The van der Waals surface area contributed by atoms with Gasteiger partial charge in [-0.05, 0) is 37.0 Å². The maximum atomic E-state index is 12.4. The molecule has 1 unspecified atom stereocenters. The molecule has 2 rings (SSSR count). The molecule has 0 bridgehead atoms. The van der Waals surface area contributed by atoms with Crippen LogP contribution in [0.1, 0.15) is 52.8 Å². The van der Waals surface area contributed by atoms with E-state index in [0.29, 0.717) is 0 Å². The Bertz CT molecular complexity index is 705. The molecule has 0 heterocycles. The summed E-state index contributed by atoms with van der Waals surface area (Å²) in [5.41, 5.74) is 0.276. The van der Waals surface area contributed by atoms with Crippen molar-refractivity contribution in [3.8, 4) is 6.07 Å². The number of amides is 2. The van der Waals surface area contributed by atoms with E-state index in [1.807, 2.05) is 6.07 Å². The molecule has 0 radical (unpaired) electrons. The molecule has 7 heteroatoms. The molecule has 7 nitrogen and oxygen atoms in total. The number of hydrogen-bond donors (Lipinski definition) is 3. The Labute approximate surface area is 152 Å². The van der Waals surface area contributed by atoms with Crippen molar-refractivity contribution in [1.29, 1.82) is 5.26 Å². The Morgan fingerprint density at radius 2 is 1.85 bits per heavy atom. The highest BCUT2D eigenvalue weighted by Crippen LogP contribution is 2.30. The lowest BCUT2D eigenvalue weighted by Gasteiger charge is -2.29. The lowest BCUT2D eigenvalue weighted by atomic mass is 9.79. The van der Waals surface area contributed by atoms with E-state index in [4.69, 9.17) is 10.4 Å². The molecule has 1 fully saturated rings. The van der Waals surface area contributed by atoms with E-state index in [0.717, 1.165) is 32.1 Å². The number of rotatable bonds is 7. The summed E-state index contributed by atoms with van der Waals surface area (Å²) in [4.78, 5) is 35.8. The molecule has 0 spiro atoms. The van der Waals surface area contributed by atoms with E-state index >= 15 is 0 Å². The van der Waals surface area contributed by atoms with E-state index in [1.165, 1.54) is 24.3 Å². The van der Waals surface area contributed by atoms with Gasteiger partial charge in [0.15, 0.2) is 0 Å². The Balaban J connectivity index is 2.04. The molecule has 2 amide bonds. The lowest BCUT2D eigenvalue weighted by molar-refractivity contribution is -0.126. The van der Waals surface area contributed by atoms with Crippen LogP contribution in [0.5, 0.6) is 0 Å². The van der Waals surface area contributed by atoms with Gasteiger partial charge < -0.3 is 15.7 Å². The van der Waals surface area contributed by atoms with Crippen molar-refractivity contribution in [2.45, 2.75) is 32.1 Å². The van der Waals surface area contributed by atoms with E-state index in [2.05, 4.69) is 10.6 Å². The monoisotopic (exact) mass is 357 g/mol. The second-order valence-corrected chi connectivity index (χ2v) is 6.48. The summed E-state index contributed by atoms with van der Waals surface area (Å²) in [6.07, 6.45) is 5.12. The van der Waals surface area contributed by atoms with Crippen LogP contribution in [0, 0.1) is 23.2 Å². The number of nitrogens with one attached hydrogen (secondary N) is 2. The molecule has 26 heavy (non-hydrogen) atoms. The molecule has 138 valence electrons. The number of aromatic carboxylic acids is 1. The van der Waals surface area contributed by atoms with Crippen molar-refractivity contribution in [3.63, 3.8) is 0 Å². The molecular formula is C19H23N3O4. The van der Waals surface area contributed by atoms with Crippen LogP contribution in [0.4, 0.5) is 0 Å². The quantitative estimate of drug-likeness (QED) is 0.644. The van der Waals surface area contributed by atoms with Gasteiger partial charge in [-0.3, -0.25) is 9.59 Å². The summed E-state index contributed by atoms with van der Waals surface area (Å²) in [6.45, 7) is 0.106. The van der Waals surface area contributed by atoms with Crippen LogP contribution in [0.15, 0.2) is 24.3 Å². The van der Waals surface area contributed by atoms with Gasteiger partial charge in [0.2, 0.25) is 5.91 Å². The number of nitrogens with zero attached hydrogens (tertiary/aromatic N) is 1. The average molecular weight is 357 g/mol. The summed E-state index contributed by atoms with van der Waals surface area (Å²) >= 11 is 0. The SMILES string of the molecule is N#CCNC(=O)C(CNC(=O)c1cccc(C(=O)O)c1)C1CCCCC1. The molecule has 3 N–H and O–H groups in total. The molecule has 0 aromatic heterocycles. The maximum Gasteiger partial charge on any atom is 0.335 e. The zero-order valence-corrected chi connectivity index (χ0v) is 14.5. The van der Waals surface area contributed by atoms with Crippen LogP contribution in [-0.2, 0) is 4.79 Å². The molecule has 1 aliphatic carbocycles. The van der Waals surface area contributed by atoms with Gasteiger partial charge in [-0.2, -0.15) is 5.26 Å². The largest absolute Gasteiger partial charge is 0.478 e.